The molecule has 1 heterocycles. The molecule has 0 aromatic heterocycles. The summed E-state index contributed by atoms with van der Waals surface area (Å²) in [7, 11) is 0. The predicted molar refractivity (Wildman–Crippen MR) is 128 cm³/mol. The van der Waals surface area contributed by atoms with Gasteiger partial charge in [-0.3, -0.25) is 15.0 Å². The van der Waals surface area contributed by atoms with Crippen LogP contribution in [0.4, 0.5) is 5.69 Å². The number of nitrogens with zero attached hydrogens (tertiary/aromatic N) is 1. The topological polar surface area (TPSA) is 53.6 Å². The largest absolute Gasteiger partial charge is 0.379 e. The lowest BCUT2D eigenvalue weighted by Gasteiger charge is -2.27. The van der Waals surface area contributed by atoms with Gasteiger partial charge < -0.3 is 10.1 Å². The van der Waals surface area contributed by atoms with Crippen LogP contribution in [0.25, 0.3) is 0 Å². The van der Waals surface area contributed by atoms with E-state index in [1.165, 1.54) is 11.1 Å². The number of nitrogens with one attached hydrogen (secondary N) is 2. The van der Waals surface area contributed by atoms with E-state index >= 15 is 0 Å². The molecule has 5 nitrogen and oxygen atoms in total. The molecule has 0 bridgehead atoms. The predicted octanol–water partition coefficient (Wildman–Crippen LogP) is 4.30. The first-order valence-corrected chi connectivity index (χ1v) is 11.2. The lowest BCUT2D eigenvalue weighted by Crippen LogP contribution is -2.36. The molecule has 3 aromatic rings. The van der Waals surface area contributed by atoms with Gasteiger partial charge in [0.2, 0.25) is 5.91 Å². The van der Waals surface area contributed by atoms with Crippen molar-refractivity contribution in [1.29, 1.82) is 0 Å². The zero-order valence-electron chi connectivity index (χ0n) is 18.6. The van der Waals surface area contributed by atoms with E-state index in [0.29, 0.717) is 6.54 Å². The van der Waals surface area contributed by atoms with Crippen LogP contribution in [0.5, 0.6) is 0 Å². The van der Waals surface area contributed by atoms with E-state index in [1.807, 2.05) is 61.5 Å². The number of amides is 1. The number of carbonyl (C=O) groups is 1. The summed E-state index contributed by atoms with van der Waals surface area (Å²) in [5.74, 6) is -0.0642. The summed E-state index contributed by atoms with van der Waals surface area (Å²) in [5, 5.41) is 6.57. The lowest BCUT2D eigenvalue weighted by atomic mass is 10.0. The summed E-state index contributed by atoms with van der Waals surface area (Å²) in [4.78, 5) is 15.6. The van der Waals surface area contributed by atoms with E-state index in [0.717, 1.165) is 49.7 Å². The van der Waals surface area contributed by atoms with E-state index in [1.54, 1.807) is 0 Å². The molecule has 32 heavy (non-hydrogen) atoms. The molecule has 0 saturated carbocycles. The van der Waals surface area contributed by atoms with Crippen molar-refractivity contribution in [2.75, 3.05) is 31.6 Å². The van der Waals surface area contributed by atoms with Crippen molar-refractivity contribution in [2.24, 2.45) is 0 Å². The fourth-order valence-electron chi connectivity index (χ4n) is 3.96. The Labute approximate surface area is 190 Å². The third-order valence-electron chi connectivity index (χ3n) is 5.83. The van der Waals surface area contributed by atoms with Crippen LogP contribution in [-0.2, 0) is 22.6 Å². The second-order valence-corrected chi connectivity index (χ2v) is 8.24. The van der Waals surface area contributed by atoms with Crippen molar-refractivity contribution in [3.63, 3.8) is 0 Å². The Bertz CT molecular complexity index is 999. The lowest BCUT2D eigenvalue weighted by molar-refractivity contribution is -0.118. The minimum absolute atomic E-state index is 0.0642. The molecule has 1 aliphatic heterocycles. The molecule has 0 aliphatic carbocycles. The third-order valence-corrected chi connectivity index (χ3v) is 5.83. The van der Waals surface area contributed by atoms with Gasteiger partial charge in [-0.25, -0.2) is 0 Å². The van der Waals surface area contributed by atoms with E-state index in [9.17, 15) is 4.79 Å². The molecule has 1 saturated heterocycles. The van der Waals surface area contributed by atoms with Gasteiger partial charge in [0.25, 0.3) is 0 Å². The standard InChI is InChI=1S/C27H31N3O2/c1-21-11-13-25(14-12-21)29-27(31)26(22-7-3-2-4-8-22)28-19-23-9-5-6-10-24(23)20-30-15-17-32-18-16-30/h2-14,26,28H,15-20H2,1H3,(H,29,31). The number of aryl methyl sites for hydroxylation is 1. The van der Waals surface area contributed by atoms with Gasteiger partial charge in [-0.1, -0.05) is 72.3 Å². The van der Waals surface area contributed by atoms with Gasteiger partial charge in [0.15, 0.2) is 0 Å². The van der Waals surface area contributed by atoms with Crippen molar-refractivity contribution in [3.05, 3.63) is 101 Å². The Hall–Kier alpha value is -2.99. The summed E-state index contributed by atoms with van der Waals surface area (Å²) >= 11 is 0. The first kappa shape index (κ1) is 22.2. The van der Waals surface area contributed by atoms with Gasteiger partial charge >= 0.3 is 0 Å². The molecule has 4 rings (SSSR count). The highest BCUT2D eigenvalue weighted by Crippen LogP contribution is 2.19. The normalized spacial score (nSPS) is 15.3. The van der Waals surface area contributed by atoms with Crippen molar-refractivity contribution in [1.82, 2.24) is 10.2 Å². The van der Waals surface area contributed by atoms with E-state index < -0.39 is 6.04 Å². The number of anilines is 1. The van der Waals surface area contributed by atoms with E-state index in [-0.39, 0.29) is 5.91 Å². The van der Waals surface area contributed by atoms with Crippen molar-refractivity contribution in [2.45, 2.75) is 26.1 Å². The maximum absolute atomic E-state index is 13.2. The van der Waals surface area contributed by atoms with Gasteiger partial charge in [-0.15, -0.1) is 0 Å². The van der Waals surface area contributed by atoms with Crippen LogP contribution in [-0.4, -0.2) is 37.1 Å². The van der Waals surface area contributed by atoms with Crippen LogP contribution in [0.15, 0.2) is 78.9 Å². The van der Waals surface area contributed by atoms with Gasteiger partial charge in [0.1, 0.15) is 6.04 Å². The molecule has 2 N–H and O–H groups in total. The zero-order chi connectivity index (χ0) is 22.2. The minimum Gasteiger partial charge on any atom is -0.379 e. The number of rotatable bonds is 8. The summed E-state index contributed by atoms with van der Waals surface area (Å²) < 4.78 is 5.48. The first-order chi connectivity index (χ1) is 15.7. The minimum atomic E-state index is -0.450. The van der Waals surface area contributed by atoms with E-state index in [2.05, 4.69) is 39.8 Å². The average Bonchev–Trinajstić information content (AvgIpc) is 2.83. The van der Waals surface area contributed by atoms with Crippen LogP contribution in [0, 0.1) is 6.92 Å². The number of hydrogen-bond acceptors (Lipinski definition) is 4. The highest BCUT2D eigenvalue weighted by molar-refractivity contribution is 5.95. The van der Waals surface area contributed by atoms with Crippen LogP contribution in [0.3, 0.4) is 0 Å². The summed E-state index contributed by atoms with van der Waals surface area (Å²) in [5.41, 5.74) is 5.41. The van der Waals surface area contributed by atoms with Crippen LogP contribution >= 0.6 is 0 Å². The highest BCUT2D eigenvalue weighted by atomic mass is 16.5. The molecular weight excluding hydrogens is 398 g/mol. The van der Waals surface area contributed by atoms with Gasteiger partial charge in [-0.05, 0) is 35.7 Å². The molecule has 1 amide bonds. The van der Waals surface area contributed by atoms with Crippen molar-refractivity contribution in [3.8, 4) is 0 Å². The maximum Gasteiger partial charge on any atom is 0.246 e. The summed E-state index contributed by atoms with van der Waals surface area (Å²) in [6.07, 6.45) is 0. The van der Waals surface area contributed by atoms with Crippen molar-refractivity contribution >= 4 is 11.6 Å². The number of benzene rings is 3. The SMILES string of the molecule is Cc1ccc(NC(=O)C(NCc2ccccc2CN2CCOCC2)c2ccccc2)cc1. The number of morpholine rings is 1. The van der Waals surface area contributed by atoms with Gasteiger partial charge in [0.05, 0.1) is 13.2 Å². The average molecular weight is 430 g/mol. The number of hydrogen-bond donors (Lipinski definition) is 2. The molecule has 0 spiro atoms. The molecule has 1 atom stereocenters. The molecule has 1 fully saturated rings. The second kappa shape index (κ2) is 11.0. The van der Waals surface area contributed by atoms with Crippen LogP contribution < -0.4 is 10.6 Å². The molecule has 1 aliphatic rings. The smallest absolute Gasteiger partial charge is 0.246 e. The fourth-order valence-corrected chi connectivity index (χ4v) is 3.96. The molecular formula is C27H31N3O2. The Morgan fingerprint density at radius 3 is 2.28 bits per heavy atom. The second-order valence-electron chi connectivity index (χ2n) is 8.24. The Morgan fingerprint density at radius 2 is 1.56 bits per heavy atom. The fraction of sp³-hybridized carbons (Fsp3) is 0.296. The third kappa shape index (κ3) is 6.04. The Kier molecular flexibility index (Phi) is 7.67. The molecule has 0 radical (unpaired) electrons. The summed E-state index contributed by atoms with van der Waals surface area (Å²) in [6, 6.07) is 25.8. The van der Waals surface area contributed by atoms with Gasteiger partial charge in [0, 0.05) is 31.9 Å². The quantitative estimate of drug-likeness (QED) is 0.561. The molecule has 3 aromatic carbocycles. The van der Waals surface area contributed by atoms with Crippen LogP contribution in [0.2, 0.25) is 0 Å². The van der Waals surface area contributed by atoms with E-state index in [4.69, 9.17) is 4.74 Å². The Morgan fingerprint density at radius 1 is 0.906 bits per heavy atom. The number of ether oxygens (including phenoxy) is 1. The van der Waals surface area contributed by atoms with Gasteiger partial charge in [-0.2, -0.15) is 0 Å². The Balaban J connectivity index is 1.48. The maximum atomic E-state index is 13.2. The number of carbonyl (C=O) groups excluding carboxylic acids is 1. The van der Waals surface area contributed by atoms with Crippen molar-refractivity contribution < 1.29 is 9.53 Å². The summed E-state index contributed by atoms with van der Waals surface area (Å²) in [6.45, 7) is 7.02. The first-order valence-electron chi connectivity index (χ1n) is 11.2. The molecule has 1 unspecified atom stereocenters. The molecule has 5 heteroatoms. The zero-order valence-corrected chi connectivity index (χ0v) is 18.6. The highest BCUT2D eigenvalue weighted by Gasteiger charge is 2.21. The van der Waals surface area contributed by atoms with Crippen LogP contribution in [0.1, 0.15) is 28.3 Å². The monoisotopic (exact) mass is 429 g/mol. The molecule has 166 valence electrons.